The quantitative estimate of drug-likeness (QED) is 0.504. The van der Waals surface area contributed by atoms with Crippen molar-refractivity contribution in [2.75, 3.05) is 59.7 Å². The van der Waals surface area contributed by atoms with E-state index in [0.717, 1.165) is 71.4 Å². The van der Waals surface area contributed by atoms with Gasteiger partial charge in [0.2, 0.25) is 0 Å². The fourth-order valence-corrected chi connectivity index (χ4v) is 4.66. The largest absolute Gasteiger partial charge is 0.381 e. The average Bonchev–Trinajstić information content (AvgIpc) is 2.80. The summed E-state index contributed by atoms with van der Waals surface area (Å²) in [7, 11) is 1.86. The predicted octanol–water partition coefficient (Wildman–Crippen LogP) is 2.65. The number of hydrogen-bond acceptors (Lipinski definition) is 4. The molecule has 6 heteroatoms. The minimum Gasteiger partial charge on any atom is -0.381 e. The maximum absolute atomic E-state index is 5.67. The molecule has 2 heterocycles. The van der Waals surface area contributed by atoms with E-state index in [9.17, 15) is 0 Å². The van der Waals surface area contributed by atoms with E-state index >= 15 is 0 Å². The molecule has 30 heavy (non-hydrogen) atoms. The van der Waals surface area contributed by atoms with Crippen molar-refractivity contribution in [3.05, 3.63) is 35.9 Å². The zero-order chi connectivity index (χ0) is 21.2. The molecule has 0 aliphatic carbocycles. The van der Waals surface area contributed by atoms with Crippen LogP contribution in [0.4, 0.5) is 0 Å². The van der Waals surface area contributed by atoms with Crippen molar-refractivity contribution < 1.29 is 9.47 Å². The van der Waals surface area contributed by atoms with Crippen LogP contribution in [0.2, 0.25) is 0 Å². The lowest BCUT2D eigenvalue weighted by molar-refractivity contribution is 0.0132. The predicted molar refractivity (Wildman–Crippen MR) is 123 cm³/mol. The molecule has 6 nitrogen and oxygen atoms in total. The van der Waals surface area contributed by atoms with Crippen LogP contribution in [0.25, 0.3) is 0 Å². The van der Waals surface area contributed by atoms with Gasteiger partial charge in [0.15, 0.2) is 5.96 Å². The first-order valence-electron chi connectivity index (χ1n) is 11.5. The lowest BCUT2D eigenvalue weighted by Crippen LogP contribution is -2.52. The highest BCUT2D eigenvalue weighted by Crippen LogP contribution is 2.34. The van der Waals surface area contributed by atoms with E-state index in [2.05, 4.69) is 64.7 Å². The Bertz CT molecular complexity index is 638. The molecule has 0 radical (unpaired) electrons. The van der Waals surface area contributed by atoms with Crippen molar-refractivity contribution in [1.82, 2.24) is 15.5 Å². The second-order valence-corrected chi connectivity index (χ2v) is 9.00. The van der Waals surface area contributed by atoms with Crippen LogP contribution in [0.3, 0.4) is 0 Å². The van der Waals surface area contributed by atoms with Gasteiger partial charge in [-0.2, -0.15) is 0 Å². The standard InChI is InChI=1S/C24H40N4O2/c1-20(2)17-22(28-11-15-30-16-12-28)18-26-23(25-3)27-19-24(9-13-29-14-10-24)21-7-5-4-6-8-21/h4-8,20,22H,9-19H2,1-3H3,(H2,25,26,27). The molecule has 0 bridgehead atoms. The number of hydrogen-bond donors (Lipinski definition) is 2. The highest BCUT2D eigenvalue weighted by atomic mass is 16.5. The molecule has 0 spiro atoms. The Balaban J connectivity index is 1.59. The normalized spacial score (nSPS) is 21.4. The lowest BCUT2D eigenvalue weighted by atomic mass is 9.74. The lowest BCUT2D eigenvalue weighted by Gasteiger charge is -2.39. The van der Waals surface area contributed by atoms with Gasteiger partial charge in [-0.15, -0.1) is 0 Å². The van der Waals surface area contributed by atoms with E-state index in [1.54, 1.807) is 0 Å². The molecule has 0 amide bonds. The van der Waals surface area contributed by atoms with E-state index in [4.69, 9.17) is 9.47 Å². The Morgan fingerprint density at radius 1 is 1.03 bits per heavy atom. The monoisotopic (exact) mass is 416 g/mol. The van der Waals surface area contributed by atoms with Gasteiger partial charge in [-0.25, -0.2) is 0 Å². The topological polar surface area (TPSA) is 58.1 Å². The summed E-state index contributed by atoms with van der Waals surface area (Å²) in [6.07, 6.45) is 3.24. The van der Waals surface area contributed by atoms with E-state index in [-0.39, 0.29) is 5.41 Å². The van der Waals surface area contributed by atoms with E-state index in [0.29, 0.717) is 12.0 Å². The highest BCUT2D eigenvalue weighted by molar-refractivity contribution is 5.79. The van der Waals surface area contributed by atoms with Gasteiger partial charge >= 0.3 is 0 Å². The molecule has 3 rings (SSSR count). The van der Waals surface area contributed by atoms with Crippen LogP contribution in [0, 0.1) is 5.92 Å². The van der Waals surface area contributed by atoms with Crippen molar-refractivity contribution >= 4 is 5.96 Å². The second-order valence-electron chi connectivity index (χ2n) is 9.00. The first kappa shape index (κ1) is 23.0. The number of guanidine groups is 1. The molecule has 2 saturated heterocycles. The molecule has 2 aliphatic rings. The molecule has 1 aromatic carbocycles. The summed E-state index contributed by atoms with van der Waals surface area (Å²) in [4.78, 5) is 7.08. The maximum Gasteiger partial charge on any atom is 0.191 e. The SMILES string of the molecule is CN=C(NCC(CC(C)C)N1CCOCC1)NCC1(c2ccccc2)CCOCC1. The molecule has 0 saturated carbocycles. The van der Waals surface area contributed by atoms with Crippen LogP contribution in [-0.2, 0) is 14.9 Å². The van der Waals surface area contributed by atoms with Gasteiger partial charge in [0.25, 0.3) is 0 Å². The number of rotatable bonds is 8. The van der Waals surface area contributed by atoms with E-state index in [1.807, 2.05) is 7.05 Å². The van der Waals surface area contributed by atoms with E-state index < -0.39 is 0 Å². The van der Waals surface area contributed by atoms with Gasteiger partial charge < -0.3 is 20.1 Å². The molecule has 168 valence electrons. The minimum atomic E-state index is 0.0959. The summed E-state index contributed by atoms with van der Waals surface area (Å²) in [6.45, 7) is 11.7. The van der Waals surface area contributed by atoms with Crippen LogP contribution >= 0.6 is 0 Å². The maximum atomic E-state index is 5.67. The molecule has 2 N–H and O–H groups in total. The first-order valence-corrected chi connectivity index (χ1v) is 11.5. The van der Waals surface area contributed by atoms with Crippen LogP contribution in [-0.4, -0.2) is 76.6 Å². The number of aliphatic imine (C=N–C) groups is 1. The number of benzene rings is 1. The minimum absolute atomic E-state index is 0.0959. The Labute approximate surface area is 182 Å². The van der Waals surface area contributed by atoms with Gasteiger partial charge in [-0.05, 0) is 30.7 Å². The van der Waals surface area contributed by atoms with Crippen molar-refractivity contribution in [2.24, 2.45) is 10.9 Å². The zero-order valence-corrected chi connectivity index (χ0v) is 19.0. The molecule has 0 aromatic heterocycles. The van der Waals surface area contributed by atoms with Gasteiger partial charge in [0.1, 0.15) is 0 Å². The van der Waals surface area contributed by atoms with Gasteiger partial charge in [-0.3, -0.25) is 9.89 Å². The molecule has 2 aliphatic heterocycles. The number of morpholine rings is 1. The number of nitrogens with one attached hydrogen (secondary N) is 2. The average molecular weight is 417 g/mol. The van der Waals surface area contributed by atoms with Crippen molar-refractivity contribution in [1.29, 1.82) is 0 Å². The summed E-state index contributed by atoms with van der Waals surface area (Å²) >= 11 is 0. The van der Waals surface area contributed by atoms with E-state index in [1.165, 1.54) is 12.0 Å². The summed E-state index contributed by atoms with van der Waals surface area (Å²) in [5, 5.41) is 7.24. The summed E-state index contributed by atoms with van der Waals surface area (Å²) in [5.74, 6) is 1.55. The third kappa shape index (κ3) is 6.43. The fourth-order valence-electron chi connectivity index (χ4n) is 4.66. The van der Waals surface area contributed by atoms with Gasteiger partial charge in [0, 0.05) is 57.9 Å². The Kier molecular flexibility index (Phi) is 8.97. The third-order valence-corrected chi connectivity index (χ3v) is 6.46. The van der Waals surface area contributed by atoms with Crippen LogP contribution in [0.1, 0.15) is 38.7 Å². The highest BCUT2D eigenvalue weighted by Gasteiger charge is 2.34. The van der Waals surface area contributed by atoms with Crippen molar-refractivity contribution in [3.8, 4) is 0 Å². The molecule has 1 aromatic rings. The summed E-state index contributed by atoms with van der Waals surface area (Å²) < 4.78 is 11.2. The zero-order valence-electron chi connectivity index (χ0n) is 19.0. The second kappa shape index (κ2) is 11.7. The van der Waals surface area contributed by atoms with Crippen LogP contribution in [0.15, 0.2) is 35.3 Å². The molecular formula is C24H40N4O2. The Hall–Kier alpha value is -1.63. The smallest absolute Gasteiger partial charge is 0.191 e. The van der Waals surface area contributed by atoms with Crippen molar-refractivity contribution in [3.63, 3.8) is 0 Å². The Morgan fingerprint density at radius 2 is 1.70 bits per heavy atom. The molecule has 2 fully saturated rings. The van der Waals surface area contributed by atoms with Crippen LogP contribution in [0.5, 0.6) is 0 Å². The molecule has 1 unspecified atom stereocenters. The number of ether oxygens (including phenoxy) is 2. The van der Waals surface area contributed by atoms with Gasteiger partial charge in [0.05, 0.1) is 13.2 Å². The molecular weight excluding hydrogens is 376 g/mol. The van der Waals surface area contributed by atoms with Crippen LogP contribution < -0.4 is 10.6 Å². The molecule has 1 atom stereocenters. The number of nitrogens with zero attached hydrogens (tertiary/aromatic N) is 2. The summed E-state index contributed by atoms with van der Waals surface area (Å²) in [6, 6.07) is 11.4. The Morgan fingerprint density at radius 3 is 2.33 bits per heavy atom. The first-order chi connectivity index (χ1) is 14.6. The fraction of sp³-hybridized carbons (Fsp3) is 0.708. The summed E-state index contributed by atoms with van der Waals surface area (Å²) in [5.41, 5.74) is 1.49. The third-order valence-electron chi connectivity index (χ3n) is 6.46. The van der Waals surface area contributed by atoms with Crippen molar-refractivity contribution in [2.45, 2.75) is 44.6 Å². The van der Waals surface area contributed by atoms with Gasteiger partial charge in [-0.1, -0.05) is 44.2 Å².